The number of aromatic amines is 1. The van der Waals surface area contributed by atoms with Gasteiger partial charge in [0.1, 0.15) is 16.3 Å². The van der Waals surface area contributed by atoms with Gasteiger partial charge < -0.3 is 14.6 Å². The van der Waals surface area contributed by atoms with Crippen LogP contribution in [0.15, 0.2) is 4.79 Å². The maximum atomic E-state index is 12.5. The lowest BCUT2D eigenvalue weighted by Crippen LogP contribution is -3.13. The topological polar surface area (TPSA) is 76.5 Å². The Kier molecular flexibility index (Phi) is 5.24. The molecule has 136 valence electrons. The van der Waals surface area contributed by atoms with Gasteiger partial charge in [-0.05, 0) is 25.8 Å². The van der Waals surface area contributed by atoms with Gasteiger partial charge in [-0.15, -0.1) is 11.3 Å². The van der Waals surface area contributed by atoms with Crippen molar-refractivity contribution in [3.8, 4) is 0 Å². The summed E-state index contributed by atoms with van der Waals surface area (Å²) in [6.45, 7) is 11.3. The van der Waals surface area contributed by atoms with Crippen molar-refractivity contribution in [1.82, 2.24) is 9.97 Å². The van der Waals surface area contributed by atoms with Crippen LogP contribution in [-0.2, 0) is 11.3 Å². The van der Waals surface area contributed by atoms with Crippen LogP contribution in [0, 0.1) is 18.8 Å². The molecule has 2 N–H and O–H groups in total. The van der Waals surface area contributed by atoms with Crippen molar-refractivity contribution in [1.29, 1.82) is 0 Å². The fraction of sp³-hybridized carbons (Fsp3) is 0.611. The van der Waals surface area contributed by atoms with Gasteiger partial charge >= 0.3 is 5.97 Å². The van der Waals surface area contributed by atoms with Gasteiger partial charge in [-0.3, -0.25) is 4.79 Å². The molecule has 1 unspecified atom stereocenters. The zero-order chi connectivity index (χ0) is 18.1. The summed E-state index contributed by atoms with van der Waals surface area (Å²) in [5.74, 6) is 1.70. The number of H-pyrrole nitrogens is 1. The minimum Gasteiger partial charge on any atom is -0.462 e. The summed E-state index contributed by atoms with van der Waals surface area (Å²) in [6, 6.07) is 0. The van der Waals surface area contributed by atoms with E-state index >= 15 is 0 Å². The number of fused-ring (bicyclic) bond motifs is 1. The van der Waals surface area contributed by atoms with E-state index in [1.54, 1.807) is 13.8 Å². The van der Waals surface area contributed by atoms with Crippen molar-refractivity contribution in [3.05, 3.63) is 26.6 Å². The molecule has 3 heterocycles. The van der Waals surface area contributed by atoms with Crippen molar-refractivity contribution in [2.75, 3.05) is 19.7 Å². The number of nitrogens with zero attached hydrogens (tertiary/aromatic N) is 1. The second kappa shape index (κ2) is 7.25. The first-order chi connectivity index (χ1) is 11.9. The SMILES string of the molecule is CCOC(=O)c1sc2nc(C[NH+]3C[C@H](C)C[C@H](C)C3)[nH]c(=O)c2c1C. The van der Waals surface area contributed by atoms with E-state index in [0.29, 0.717) is 51.5 Å². The molecule has 0 spiro atoms. The number of aromatic nitrogens is 2. The van der Waals surface area contributed by atoms with Crippen molar-refractivity contribution < 1.29 is 14.4 Å². The molecule has 2 aromatic rings. The number of likely N-dealkylation sites (tertiary alicyclic amines) is 1. The molecule has 1 saturated heterocycles. The first-order valence-corrected chi connectivity index (χ1v) is 9.73. The summed E-state index contributed by atoms with van der Waals surface area (Å²) in [5, 5.41) is 0.507. The highest BCUT2D eigenvalue weighted by molar-refractivity contribution is 7.20. The number of rotatable bonds is 4. The lowest BCUT2D eigenvalue weighted by molar-refractivity contribution is -0.926. The number of hydrogen-bond donors (Lipinski definition) is 2. The van der Waals surface area contributed by atoms with Crippen molar-refractivity contribution in [2.24, 2.45) is 11.8 Å². The highest BCUT2D eigenvalue weighted by atomic mass is 32.1. The second-order valence-electron chi connectivity index (χ2n) is 7.25. The zero-order valence-electron chi connectivity index (χ0n) is 15.3. The van der Waals surface area contributed by atoms with Gasteiger partial charge in [0.15, 0.2) is 5.82 Å². The largest absolute Gasteiger partial charge is 0.462 e. The number of ether oxygens (including phenoxy) is 1. The maximum Gasteiger partial charge on any atom is 0.348 e. The Balaban J connectivity index is 1.91. The van der Waals surface area contributed by atoms with E-state index in [1.165, 1.54) is 22.7 Å². The van der Waals surface area contributed by atoms with Crippen LogP contribution in [0.5, 0.6) is 0 Å². The van der Waals surface area contributed by atoms with Gasteiger partial charge in [0.2, 0.25) is 0 Å². The molecular formula is C18H26N3O3S+. The number of carbonyl (C=O) groups excluding carboxylic acids is 1. The van der Waals surface area contributed by atoms with E-state index in [0.717, 1.165) is 13.1 Å². The van der Waals surface area contributed by atoms with E-state index in [9.17, 15) is 9.59 Å². The van der Waals surface area contributed by atoms with E-state index in [-0.39, 0.29) is 11.5 Å². The highest BCUT2D eigenvalue weighted by Gasteiger charge is 2.26. The van der Waals surface area contributed by atoms with Crippen molar-refractivity contribution in [2.45, 2.75) is 40.7 Å². The van der Waals surface area contributed by atoms with E-state index < -0.39 is 0 Å². The molecule has 3 atom stereocenters. The Hall–Kier alpha value is -1.73. The Morgan fingerprint density at radius 3 is 2.68 bits per heavy atom. The summed E-state index contributed by atoms with van der Waals surface area (Å²) >= 11 is 1.25. The lowest BCUT2D eigenvalue weighted by atomic mass is 9.92. The third-order valence-corrected chi connectivity index (χ3v) is 5.97. The molecule has 25 heavy (non-hydrogen) atoms. The number of hydrogen-bond acceptors (Lipinski definition) is 5. The molecular weight excluding hydrogens is 338 g/mol. The number of quaternary nitrogens is 1. The fourth-order valence-electron chi connectivity index (χ4n) is 3.97. The fourth-order valence-corrected chi connectivity index (χ4v) is 5.06. The third kappa shape index (κ3) is 3.77. The van der Waals surface area contributed by atoms with Crippen LogP contribution in [0.25, 0.3) is 10.2 Å². The Morgan fingerprint density at radius 2 is 2.04 bits per heavy atom. The molecule has 0 bridgehead atoms. The van der Waals surface area contributed by atoms with Gasteiger partial charge in [-0.1, -0.05) is 13.8 Å². The monoisotopic (exact) mass is 364 g/mol. The molecule has 1 fully saturated rings. The number of carbonyl (C=O) groups is 1. The zero-order valence-corrected chi connectivity index (χ0v) is 16.1. The van der Waals surface area contributed by atoms with Gasteiger partial charge in [0.25, 0.3) is 5.56 Å². The van der Waals surface area contributed by atoms with E-state index in [4.69, 9.17) is 4.74 Å². The molecule has 0 radical (unpaired) electrons. The molecule has 0 aliphatic carbocycles. The minimum absolute atomic E-state index is 0.165. The summed E-state index contributed by atoms with van der Waals surface area (Å²) in [4.78, 5) is 34.7. The molecule has 1 aliphatic rings. The smallest absolute Gasteiger partial charge is 0.348 e. The van der Waals surface area contributed by atoms with Gasteiger partial charge in [0.05, 0.1) is 25.1 Å². The van der Waals surface area contributed by atoms with Crippen molar-refractivity contribution in [3.63, 3.8) is 0 Å². The first kappa shape index (κ1) is 18.1. The highest BCUT2D eigenvalue weighted by Crippen LogP contribution is 2.27. The Labute approximate surface area is 151 Å². The number of aryl methyl sites for hydroxylation is 1. The van der Waals surface area contributed by atoms with Gasteiger partial charge in [-0.2, -0.15) is 0 Å². The molecule has 0 saturated carbocycles. The van der Waals surface area contributed by atoms with E-state index in [1.807, 2.05) is 0 Å². The third-order valence-electron chi connectivity index (χ3n) is 4.81. The standard InChI is InChI=1S/C18H25N3O3S/c1-5-24-18(23)15-12(4)14-16(22)19-13(20-17(14)25-15)9-21-7-10(2)6-11(3)8-21/h10-11H,5-9H2,1-4H3,(H,19,20,22)/p+1/t10-,11+. The van der Waals surface area contributed by atoms with Crippen LogP contribution in [0.3, 0.4) is 0 Å². The summed E-state index contributed by atoms with van der Waals surface area (Å²) in [5.41, 5.74) is 0.494. The Morgan fingerprint density at radius 1 is 1.36 bits per heavy atom. The lowest BCUT2D eigenvalue weighted by Gasteiger charge is -2.31. The van der Waals surface area contributed by atoms with Crippen LogP contribution in [0.4, 0.5) is 0 Å². The molecule has 6 nitrogen and oxygen atoms in total. The normalized spacial score (nSPS) is 23.8. The average Bonchev–Trinajstić information content (AvgIpc) is 2.83. The first-order valence-electron chi connectivity index (χ1n) is 8.92. The Bertz CT molecular complexity index is 832. The van der Waals surface area contributed by atoms with Crippen molar-refractivity contribution >= 4 is 27.5 Å². The molecule has 3 rings (SSSR count). The van der Waals surface area contributed by atoms with Crippen LogP contribution >= 0.6 is 11.3 Å². The molecule has 7 heteroatoms. The number of nitrogens with one attached hydrogen (secondary N) is 2. The van der Waals surface area contributed by atoms with Gasteiger partial charge in [0, 0.05) is 11.8 Å². The predicted octanol–water partition coefficient (Wildman–Crippen LogP) is 1.53. The number of esters is 1. The predicted molar refractivity (Wildman–Crippen MR) is 98.3 cm³/mol. The van der Waals surface area contributed by atoms with Crippen LogP contribution in [0.1, 0.15) is 48.3 Å². The van der Waals surface area contributed by atoms with Crippen LogP contribution < -0.4 is 10.5 Å². The summed E-state index contributed by atoms with van der Waals surface area (Å²) < 4.78 is 5.08. The van der Waals surface area contributed by atoms with Gasteiger partial charge in [-0.25, -0.2) is 9.78 Å². The molecule has 0 amide bonds. The molecule has 2 aromatic heterocycles. The summed E-state index contributed by atoms with van der Waals surface area (Å²) in [6.07, 6.45) is 1.26. The minimum atomic E-state index is -0.381. The quantitative estimate of drug-likeness (QED) is 0.807. The van der Waals surface area contributed by atoms with Crippen LogP contribution in [0.2, 0.25) is 0 Å². The van der Waals surface area contributed by atoms with Crippen LogP contribution in [-0.4, -0.2) is 35.6 Å². The molecule has 1 aliphatic heterocycles. The number of thiophene rings is 1. The second-order valence-corrected chi connectivity index (χ2v) is 8.25. The van der Waals surface area contributed by atoms with E-state index in [2.05, 4.69) is 23.8 Å². The number of piperidine rings is 1. The molecule has 0 aromatic carbocycles. The average molecular weight is 364 g/mol. The summed E-state index contributed by atoms with van der Waals surface area (Å²) in [7, 11) is 0. The maximum absolute atomic E-state index is 12.5.